The molecule has 0 radical (unpaired) electrons. The van der Waals surface area contributed by atoms with E-state index in [9.17, 15) is 13.6 Å². The van der Waals surface area contributed by atoms with E-state index in [1.807, 2.05) is 18.7 Å². The molecule has 6 heteroatoms. The molecule has 0 bridgehead atoms. The van der Waals surface area contributed by atoms with Crippen molar-refractivity contribution >= 4 is 5.91 Å². The van der Waals surface area contributed by atoms with E-state index in [4.69, 9.17) is 4.74 Å². The molecule has 1 saturated heterocycles. The average molecular weight is 324 g/mol. The van der Waals surface area contributed by atoms with Crippen LogP contribution in [0, 0.1) is 11.6 Å². The van der Waals surface area contributed by atoms with E-state index in [0.717, 1.165) is 6.08 Å². The van der Waals surface area contributed by atoms with Gasteiger partial charge in [-0.05, 0) is 32.1 Å². The van der Waals surface area contributed by atoms with Gasteiger partial charge in [0.05, 0.1) is 18.2 Å². The monoisotopic (exact) mass is 324 g/mol. The van der Waals surface area contributed by atoms with Crippen molar-refractivity contribution in [3.8, 4) is 0 Å². The summed E-state index contributed by atoms with van der Waals surface area (Å²) in [5, 5.41) is 2.64. The van der Waals surface area contributed by atoms with Crippen molar-refractivity contribution < 1.29 is 18.3 Å². The summed E-state index contributed by atoms with van der Waals surface area (Å²) in [6.07, 6.45) is 1.04. The van der Waals surface area contributed by atoms with Crippen LogP contribution in [0.3, 0.4) is 0 Å². The van der Waals surface area contributed by atoms with E-state index in [-0.39, 0.29) is 30.2 Å². The lowest BCUT2D eigenvalue weighted by molar-refractivity contribution is -0.117. The zero-order valence-electron chi connectivity index (χ0n) is 13.4. The van der Waals surface area contributed by atoms with Crippen LogP contribution in [0.5, 0.6) is 0 Å². The molecule has 1 N–H and O–H groups in total. The smallest absolute Gasteiger partial charge is 0.243 e. The van der Waals surface area contributed by atoms with E-state index in [1.165, 1.54) is 18.2 Å². The molecule has 1 aliphatic heterocycles. The largest absolute Gasteiger partial charge is 0.373 e. The van der Waals surface area contributed by atoms with Gasteiger partial charge in [0.1, 0.15) is 11.6 Å². The van der Waals surface area contributed by atoms with Crippen molar-refractivity contribution in [3.05, 3.63) is 48.1 Å². The summed E-state index contributed by atoms with van der Waals surface area (Å²) in [6.45, 7) is 8.39. The zero-order chi connectivity index (χ0) is 17.0. The van der Waals surface area contributed by atoms with Crippen LogP contribution in [-0.4, -0.2) is 42.6 Å². The van der Waals surface area contributed by atoms with E-state index >= 15 is 0 Å². The van der Waals surface area contributed by atoms with Crippen molar-refractivity contribution in [1.82, 2.24) is 10.2 Å². The number of nitrogens with zero attached hydrogens (tertiary/aromatic N) is 1. The fraction of sp³-hybridized carbons (Fsp3) is 0.471. The van der Waals surface area contributed by atoms with Gasteiger partial charge in [0, 0.05) is 25.2 Å². The van der Waals surface area contributed by atoms with Gasteiger partial charge in [0.2, 0.25) is 5.91 Å². The lowest BCUT2D eigenvalue weighted by atomic mass is 10.0. The maximum Gasteiger partial charge on any atom is 0.243 e. The third kappa shape index (κ3) is 4.36. The van der Waals surface area contributed by atoms with Crippen LogP contribution >= 0.6 is 0 Å². The minimum atomic E-state index is -0.616. The van der Waals surface area contributed by atoms with Crippen molar-refractivity contribution in [1.29, 1.82) is 0 Å². The number of benzene rings is 1. The number of halogens is 2. The minimum Gasteiger partial charge on any atom is -0.373 e. The fourth-order valence-corrected chi connectivity index (χ4v) is 2.98. The Morgan fingerprint density at radius 2 is 1.96 bits per heavy atom. The highest BCUT2D eigenvalue weighted by atomic mass is 19.1. The summed E-state index contributed by atoms with van der Waals surface area (Å²) < 4.78 is 34.1. The maximum absolute atomic E-state index is 14.2. The first-order valence-electron chi connectivity index (χ1n) is 7.66. The molecule has 1 aliphatic rings. The number of rotatable bonds is 5. The number of carbonyl (C=O) groups is 1. The van der Waals surface area contributed by atoms with Gasteiger partial charge < -0.3 is 10.1 Å². The highest BCUT2D eigenvalue weighted by molar-refractivity contribution is 5.86. The highest BCUT2D eigenvalue weighted by Gasteiger charge is 2.32. The van der Waals surface area contributed by atoms with Crippen molar-refractivity contribution in [3.63, 3.8) is 0 Å². The van der Waals surface area contributed by atoms with Crippen molar-refractivity contribution in [2.24, 2.45) is 0 Å². The number of morpholine rings is 1. The Morgan fingerprint density at radius 3 is 2.48 bits per heavy atom. The number of hydrogen-bond donors (Lipinski definition) is 1. The molecule has 4 nitrogen and oxygen atoms in total. The third-order valence-corrected chi connectivity index (χ3v) is 3.88. The van der Waals surface area contributed by atoms with Crippen LogP contribution < -0.4 is 5.32 Å². The molecule has 23 heavy (non-hydrogen) atoms. The molecule has 1 fully saturated rings. The summed E-state index contributed by atoms with van der Waals surface area (Å²) in [4.78, 5) is 13.4. The van der Waals surface area contributed by atoms with Gasteiger partial charge in [-0.3, -0.25) is 9.69 Å². The first kappa shape index (κ1) is 17.6. The van der Waals surface area contributed by atoms with Gasteiger partial charge in [-0.25, -0.2) is 8.78 Å². The number of hydrogen-bond acceptors (Lipinski definition) is 3. The molecule has 0 unspecified atom stereocenters. The maximum atomic E-state index is 14.2. The predicted molar refractivity (Wildman–Crippen MR) is 83.9 cm³/mol. The Kier molecular flexibility index (Phi) is 5.85. The van der Waals surface area contributed by atoms with Crippen molar-refractivity contribution in [2.45, 2.75) is 32.1 Å². The summed E-state index contributed by atoms with van der Waals surface area (Å²) in [6, 6.07) is 3.19. The Balaban J connectivity index is 2.31. The Bertz CT molecular complexity index is 549. The quantitative estimate of drug-likeness (QED) is 0.846. The van der Waals surface area contributed by atoms with Gasteiger partial charge in [-0.15, -0.1) is 0 Å². The summed E-state index contributed by atoms with van der Waals surface area (Å²) in [5.74, 6) is -1.61. The Morgan fingerprint density at radius 1 is 1.39 bits per heavy atom. The summed E-state index contributed by atoms with van der Waals surface area (Å²) in [7, 11) is 0. The highest BCUT2D eigenvalue weighted by Crippen LogP contribution is 2.28. The van der Waals surface area contributed by atoms with Crippen LogP contribution in [0.1, 0.15) is 25.5 Å². The molecule has 0 aromatic heterocycles. The Labute approximate surface area is 135 Å². The second kappa shape index (κ2) is 7.66. The fourth-order valence-electron chi connectivity index (χ4n) is 2.98. The molecule has 1 aromatic rings. The molecule has 0 aliphatic carbocycles. The second-order valence-electron chi connectivity index (χ2n) is 5.81. The molecular formula is C17H22F2N2O2. The van der Waals surface area contributed by atoms with Gasteiger partial charge in [0.25, 0.3) is 0 Å². The average Bonchev–Trinajstić information content (AvgIpc) is 2.48. The van der Waals surface area contributed by atoms with Crippen LogP contribution in [0.4, 0.5) is 8.78 Å². The number of carbonyl (C=O) groups excluding carboxylic acids is 1. The molecule has 3 atom stereocenters. The first-order valence-corrected chi connectivity index (χ1v) is 7.66. The standard InChI is InChI=1S/C17H22F2N2O2/c1-4-16(22)20-8-15(17-13(18)6-5-7-14(17)19)21-9-11(2)23-12(3)10-21/h4-7,11-12,15H,1,8-10H2,2-3H3,(H,20,22)/t11-,12+,15-/m0/s1. The minimum absolute atomic E-state index is 0.0295. The van der Waals surface area contributed by atoms with E-state index < -0.39 is 17.7 Å². The van der Waals surface area contributed by atoms with Crippen LogP contribution in [0.2, 0.25) is 0 Å². The topological polar surface area (TPSA) is 41.6 Å². The summed E-state index contributed by atoms with van der Waals surface area (Å²) in [5.41, 5.74) is -0.0295. The van der Waals surface area contributed by atoms with E-state index in [2.05, 4.69) is 11.9 Å². The molecule has 1 heterocycles. The summed E-state index contributed by atoms with van der Waals surface area (Å²) >= 11 is 0. The van der Waals surface area contributed by atoms with Gasteiger partial charge in [0.15, 0.2) is 0 Å². The number of ether oxygens (including phenoxy) is 1. The molecule has 1 amide bonds. The van der Waals surface area contributed by atoms with Gasteiger partial charge in [-0.1, -0.05) is 12.6 Å². The third-order valence-electron chi connectivity index (χ3n) is 3.88. The molecular weight excluding hydrogens is 302 g/mol. The predicted octanol–water partition coefficient (Wildman–Crippen LogP) is 2.42. The Hall–Kier alpha value is -1.79. The zero-order valence-corrected chi connectivity index (χ0v) is 13.4. The van der Waals surface area contributed by atoms with Crippen LogP contribution in [-0.2, 0) is 9.53 Å². The van der Waals surface area contributed by atoms with Gasteiger partial charge in [-0.2, -0.15) is 0 Å². The number of amides is 1. The van der Waals surface area contributed by atoms with E-state index in [1.54, 1.807) is 0 Å². The second-order valence-corrected chi connectivity index (χ2v) is 5.81. The molecule has 2 rings (SSSR count). The molecule has 126 valence electrons. The molecule has 1 aromatic carbocycles. The normalized spacial score (nSPS) is 23.3. The van der Waals surface area contributed by atoms with E-state index in [0.29, 0.717) is 13.1 Å². The lowest BCUT2D eigenvalue weighted by Crippen LogP contribution is -2.49. The molecule has 0 spiro atoms. The first-order chi connectivity index (χ1) is 10.9. The molecule has 0 saturated carbocycles. The van der Waals surface area contributed by atoms with Crippen LogP contribution in [0.15, 0.2) is 30.9 Å². The number of nitrogens with one attached hydrogen (secondary N) is 1. The SMILES string of the molecule is C=CC(=O)NC[C@@H](c1c(F)cccc1F)N1C[C@@H](C)O[C@@H](C)C1. The van der Waals surface area contributed by atoms with Gasteiger partial charge >= 0.3 is 0 Å². The lowest BCUT2D eigenvalue weighted by Gasteiger charge is -2.40. The van der Waals surface area contributed by atoms with Crippen LogP contribution in [0.25, 0.3) is 0 Å². The van der Waals surface area contributed by atoms with Crippen molar-refractivity contribution in [2.75, 3.05) is 19.6 Å².